The van der Waals surface area contributed by atoms with Crippen LogP contribution in [0.2, 0.25) is 0 Å². The third-order valence-electron chi connectivity index (χ3n) is 4.44. The van der Waals surface area contributed by atoms with E-state index in [9.17, 15) is 13.6 Å². The molecule has 0 aliphatic rings. The maximum absolute atomic E-state index is 13.5. The van der Waals surface area contributed by atoms with Crippen molar-refractivity contribution in [3.8, 4) is 0 Å². The third-order valence-corrected chi connectivity index (χ3v) is 4.44. The summed E-state index contributed by atoms with van der Waals surface area (Å²) in [7, 11) is 1.56. The van der Waals surface area contributed by atoms with Crippen LogP contribution in [0.3, 0.4) is 0 Å². The molecule has 8 heteroatoms. The molecular formula is C19H16F2N4O2. The summed E-state index contributed by atoms with van der Waals surface area (Å²) in [5.74, 6) is -0.131. The van der Waals surface area contributed by atoms with Gasteiger partial charge in [0, 0.05) is 12.4 Å². The summed E-state index contributed by atoms with van der Waals surface area (Å²) in [4.78, 5) is 18.2. The van der Waals surface area contributed by atoms with Gasteiger partial charge in [-0.05, 0) is 24.3 Å². The molecule has 0 atom stereocenters. The average Bonchev–Trinajstić information content (AvgIpc) is 3.22. The molecule has 4 rings (SSSR count). The van der Waals surface area contributed by atoms with Crippen molar-refractivity contribution in [1.82, 2.24) is 19.6 Å². The third kappa shape index (κ3) is 3.14. The number of nitrogens with zero attached hydrogens (tertiary/aromatic N) is 4. The molecule has 2 heterocycles. The highest BCUT2D eigenvalue weighted by molar-refractivity contribution is 5.86. The first kappa shape index (κ1) is 17.1. The second-order valence-corrected chi connectivity index (χ2v) is 6.22. The first-order chi connectivity index (χ1) is 13.0. The van der Waals surface area contributed by atoms with Crippen LogP contribution >= 0.6 is 0 Å². The van der Waals surface area contributed by atoms with Gasteiger partial charge in [0.05, 0.1) is 24.0 Å². The Morgan fingerprint density at radius 3 is 2.74 bits per heavy atom. The molecule has 0 N–H and O–H groups in total. The Labute approximate surface area is 153 Å². The zero-order chi connectivity index (χ0) is 19.0. The van der Waals surface area contributed by atoms with Crippen molar-refractivity contribution in [2.75, 3.05) is 7.05 Å². The van der Waals surface area contributed by atoms with Gasteiger partial charge in [0.1, 0.15) is 11.5 Å². The molecule has 0 bridgehead atoms. The van der Waals surface area contributed by atoms with E-state index in [1.54, 1.807) is 37.4 Å². The Kier molecular flexibility index (Phi) is 4.31. The minimum absolute atomic E-state index is 0.0163. The summed E-state index contributed by atoms with van der Waals surface area (Å²) in [5, 5.41) is 4.70. The molecule has 138 valence electrons. The van der Waals surface area contributed by atoms with E-state index in [2.05, 4.69) is 10.1 Å². The van der Waals surface area contributed by atoms with Gasteiger partial charge >= 0.3 is 6.55 Å². The summed E-state index contributed by atoms with van der Waals surface area (Å²) in [6.07, 6.45) is 0.0163. The Morgan fingerprint density at radius 1 is 1.19 bits per heavy atom. The quantitative estimate of drug-likeness (QED) is 0.536. The van der Waals surface area contributed by atoms with Gasteiger partial charge in [-0.3, -0.25) is 9.36 Å². The van der Waals surface area contributed by atoms with E-state index < -0.39 is 6.55 Å². The molecule has 0 aliphatic carbocycles. The molecule has 0 saturated heterocycles. The summed E-state index contributed by atoms with van der Waals surface area (Å²) in [6, 6.07) is 13.9. The van der Waals surface area contributed by atoms with Crippen LogP contribution < -0.4 is 0 Å². The predicted molar refractivity (Wildman–Crippen MR) is 95.2 cm³/mol. The van der Waals surface area contributed by atoms with Crippen LogP contribution in [0.1, 0.15) is 18.1 Å². The van der Waals surface area contributed by atoms with Crippen LogP contribution in [0.4, 0.5) is 8.78 Å². The summed E-state index contributed by atoms with van der Waals surface area (Å²) in [6.45, 7) is -2.77. The van der Waals surface area contributed by atoms with Crippen molar-refractivity contribution in [2.24, 2.45) is 0 Å². The summed E-state index contributed by atoms with van der Waals surface area (Å²) in [5.41, 5.74) is 1.93. The minimum atomic E-state index is -2.74. The smallest absolute Gasteiger partial charge is 0.320 e. The van der Waals surface area contributed by atoms with Gasteiger partial charge in [-0.15, -0.1) is 0 Å². The number of hydrogen-bond donors (Lipinski definition) is 0. The Bertz CT molecular complexity index is 1120. The van der Waals surface area contributed by atoms with Crippen LogP contribution in [0.25, 0.3) is 22.0 Å². The Balaban J connectivity index is 1.57. The van der Waals surface area contributed by atoms with Crippen molar-refractivity contribution in [3.05, 3.63) is 60.0 Å². The predicted octanol–water partition coefficient (Wildman–Crippen LogP) is 3.77. The SMILES string of the molecule is CN(Cc1nc2ccccc2n1C(F)F)C(=O)Cc1noc2ccccc12. The first-order valence-electron chi connectivity index (χ1n) is 8.36. The number of likely N-dealkylation sites (N-methyl/N-ethyl adjacent to an activating group) is 1. The number of benzene rings is 2. The number of imidazole rings is 1. The lowest BCUT2D eigenvalue weighted by molar-refractivity contribution is -0.130. The lowest BCUT2D eigenvalue weighted by atomic mass is 10.1. The number of carbonyl (C=O) groups is 1. The Hall–Kier alpha value is -3.29. The van der Waals surface area contributed by atoms with Crippen LogP contribution in [0.15, 0.2) is 53.1 Å². The lowest BCUT2D eigenvalue weighted by Crippen LogP contribution is -2.29. The van der Waals surface area contributed by atoms with Crippen molar-refractivity contribution in [2.45, 2.75) is 19.5 Å². The van der Waals surface area contributed by atoms with Crippen LogP contribution in [0.5, 0.6) is 0 Å². The maximum atomic E-state index is 13.5. The normalized spacial score (nSPS) is 11.6. The van der Waals surface area contributed by atoms with E-state index >= 15 is 0 Å². The molecule has 2 aromatic carbocycles. The number of carbonyl (C=O) groups excluding carboxylic acids is 1. The zero-order valence-corrected chi connectivity index (χ0v) is 14.5. The Morgan fingerprint density at radius 2 is 1.93 bits per heavy atom. The highest BCUT2D eigenvalue weighted by atomic mass is 19.3. The van der Waals surface area contributed by atoms with Crippen LogP contribution in [-0.2, 0) is 17.8 Å². The summed E-state index contributed by atoms with van der Waals surface area (Å²) < 4.78 is 33.1. The number of alkyl halides is 2. The number of halogens is 2. The van der Waals surface area contributed by atoms with Crippen LogP contribution in [-0.4, -0.2) is 32.6 Å². The second-order valence-electron chi connectivity index (χ2n) is 6.22. The standard InChI is InChI=1S/C19H16F2N4O2/c1-24(18(26)10-14-12-6-2-5-9-16(12)27-23-14)11-17-22-13-7-3-4-8-15(13)25(17)19(20)21/h2-9,19H,10-11H2,1H3. The lowest BCUT2D eigenvalue weighted by Gasteiger charge is -2.17. The van der Waals surface area contributed by atoms with Gasteiger partial charge < -0.3 is 9.42 Å². The van der Waals surface area contributed by atoms with E-state index in [-0.39, 0.29) is 24.7 Å². The molecule has 27 heavy (non-hydrogen) atoms. The van der Waals surface area contributed by atoms with E-state index in [0.717, 1.165) is 9.95 Å². The van der Waals surface area contributed by atoms with Crippen molar-refractivity contribution in [1.29, 1.82) is 0 Å². The fraction of sp³-hybridized carbons (Fsp3) is 0.211. The molecule has 0 unspecified atom stereocenters. The molecule has 0 saturated carbocycles. The molecule has 6 nitrogen and oxygen atoms in total. The fourth-order valence-electron chi connectivity index (χ4n) is 3.07. The fourth-order valence-corrected chi connectivity index (χ4v) is 3.07. The number of para-hydroxylation sites is 3. The van der Waals surface area contributed by atoms with Gasteiger partial charge in [0.15, 0.2) is 5.58 Å². The van der Waals surface area contributed by atoms with Gasteiger partial charge in [-0.1, -0.05) is 29.4 Å². The highest BCUT2D eigenvalue weighted by Crippen LogP contribution is 2.24. The number of rotatable bonds is 5. The van der Waals surface area contributed by atoms with E-state index in [1.807, 2.05) is 18.2 Å². The van der Waals surface area contributed by atoms with Crippen molar-refractivity contribution >= 4 is 27.9 Å². The van der Waals surface area contributed by atoms with Gasteiger partial charge in [0.25, 0.3) is 0 Å². The molecule has 2 aromatic heterocycles. The van der Waals surface area contributed by atoms with Crippen LogP contribution in [0, 0.1) is 0 Å². The minimum Gasteiger partial charge on any atom is -0.356 e. The molecular weight excluding hydrogens is 354 g/mol. The topological polar surface area (TPSA) is 64.2 Å². The van der Waals surface area contributed by atoms with Crippen molar-refractivity contribution in [3.63, 3.8) is 0 Å². The highest BCUT2D eigenvalue weighted by Gasteiger charge is 2.21. The number of aromatic nitrogens is 3. The second kappa shape index (κ2) is 6.79. The maximum Gasteiger partial charge on any atom is 0.320 e. The number of hydrogen-bond acceptors (Lipinski definition) is 4. The summed E-state index contributed by atoms with van der Waals surface area (Å²) >= 11 is 0. The van der Waals surface area contributed by atoms with E-state index in [1.165, 1.54) is 4.90 Å². The van der Waals surface area contributed by atoms with Gasteiger partial charge in [0.2, 0.25) is 5.91 Å². The molecule has 0 aliphatic heterocycles. The molecule has 4 aromatic rings. The zero-order valence-electron chi connectivity index (χ0n) is 14.5. The molecule has 0 radical (unpaired) electrons. The van der Waals surface area contributed by atoms with Gasteiger partial charge in [-0.2, -0.15) is 8.78 Å². The van der Waals surface area contributed by atoms with E-state index in [0.29, 0.717) is 22.3 Å². The number of fused-ring (bicyclic) bond motifs is 2. The molecule has 0 fully saturated rings. The van der Waals surface area contributed by atoms with Gasteiger partial charge in [-0.25, -0.2) is 4.98 Å². The molecule has 0 spiro atoms. The van der Waals surface area contributed by atoms with Crippen molar-refractivity contribution < 1.29 is 18.1 Å². The first-order valence-corrected chi connectivity index (χ1v) is 8.36. The van der Waals surface area contributed by atoms with E-state index in [4.69, 9.17) is 4.52 Å². The largest absolute Gasteiger partial charge is 0.356 e. The molecule has 1 amide bonds. The number of amides is 1. The monoisotopic (exact) mass is 370 g/mol. The average molecular weight is 370 g/mol.